The monoisotopic (exact) mass is 480 g/mol. The first-order valence-electron chi connectivity index (χ1n) is 8.36. The molecule has 0 saturated carbocycles. The van der Waals surface area contributed by atoms with Crippen LogP contribution >= 0.6 is 23.2 Å². The Kier molecular flexibility index (Phi) is 5.78. The van der Waals surface area contributed by atoms with Crippen LogP contribution in [0.2, 0.25) is 10.0 Å². The second kappa shape index (κ2) is 7.75. The number of anilines is 2. The molecule has 1 atom stereocenters. The molecular weight excluding hydrogens is 468 g/mol. The Morgan fingerprint density at radius 2 is 1.80 bits per heavy atom. The van der Waals surface area contributed by atoms with Crippen molar-refractivity contribution in [1.82, 2.24) is 0 Å². The number of sulfonamides is 1. The summed E-state index contributed by atoms with van der Waals surface area (Å²) in [6, 6.07) is 6.40. The van der Waals surface area contributed by atoms with Crippen LogP contribution in [0.5, 0.6) is 0 Å². The lowest BCUT2D eigenvalue weighted by molar-refractivity contribution is -0.137. The molecule has 0 bridgehead atoms. The van der Waals surface area contributed by atoms with Crippen LogP contribution in [-0.2, 0) is 21.0 Å². The lowest BCUT2D eigenvalue weighted by atomic mass is 10.1. The highest BCUT2D eigenvalue weighted by Gasteiger charge is 2.42. The van der Waals surface area contributed by atoms with Crippen LogP contribution in [-0.4, -0.2) is 26.0 Å². The van der Waals surface area contributed by atoms with Crippen LogP contribution in [0, 0.1) is 5.92 Å². The van der Waals surface area contributed by atoms with Crippen molar-refractivity contribution in [3.05, 3.63) is 57.6 Å². The standard InChI is InChI=1S/C18H13Cl2F3N2O4S/c1-9-8-30(28,29)25(17(9)27)11-3-4-12(15(20)7-11)16(26)24-10-2-5-14(19)13(6-10)18(21,22)23/h2-7,9H,8H2,1H3,(H,24,26). The molecule has 1 saturated heterocycles. The van der Waals surface area contributed by atoms with Gasteiger partial charge in [-0.15, -0.1) is 0 Å². The molecule has 12 heteroatoms. The van der Waals surface area contributed by atoms with Crippen LogP contribution in [0.4, 0.5) is 24.5 Å². The maximum atomic E-state index is 13.0. The number of carbonyl (C=O) groups is 2. The van der Waals surface area contributed by atoms with Crippen molar-refractivity contribution < 1.29 is 31.2 Å². The van der Waals surface area contributed by atoms with Crippen molar-refractivity contribution >= 4 is 56.4 Å². The number of nitrogens with zero attached hydrogens (tertiary/aromatic N) is 1. The number of benzene rings is 2. The molecule has 3 rings (SSSR count). The number of nitrogens with one attached hydrogen (secondary N) is 1. The van der Waals surface area contributed by atoms with Gasteiger partial charge in [0.25, 0.3) is 5.91 Å². The molecule has 2 aromatic carbocycles. The zero-order chi connectivity index (χ0) is 22.4. The highest BCUT2D eigenvalue weighted by atomic mass is 35.5. The van der Waals surface area contributed by atoms with E-state index in [1.165, 1.54) is 25.1 Å². The van der Waals surface area contributed by atoms with E-state index in [2.05, 4.69) is 5.32 Å². The third-order valence-electron chi connectivity index (χ3n) is 4.32. The van der Waals surface area contributed by atoms with Crippen LogP contribution in [0.25, 0.3) is 0 Å². The molecule has 2 aromatic rings. The smallest absolute Gasteiger partial charge is 0.322 e. The van der Waals surface area contributed by atoms with Gasteiger partial charge in [0.05, 0.1) is 38.5 Å². The fraction of sp³-hybridized carbons (Fsp3) is 0.222. The summed E-state index contributed by atoms with van der Waals surface area (Å²) in [4.78, 5) is 24.6. The average Bonchev–Trinajstić information content (AvgIpc) is 2.82. The minimum Gasteiger partial charge on any atom is -0.322 e. The molecular formula is C18H13Cl2F3N2O4S. The Morgan fingerprint density at radius 1 is 1.13 bits per heavy atom. The second-order valence-electron chi connectivity index (χ2n) is 6.59. The van der Waals surface area contributed by atoms with E-state index in [4.69, 9.17) is 23.2 Å². The third-order valence-corrected chi connectivity index (χ3v) is 6.83. The largest absolute Gasteiger partial charge is 0.417 e. The Morgan fingerprint density at radius 3 is 2.33 bits per heavy atom. The number of rotatable bonds is 3. The number of amides is 2. The first-order chi connectivity index (χ1) is 13.8. The number of halogens is 5. The summed E-state index contributed by atoms with van der Waals surface area (Å²) in [5, 5.41) is 1.58. The van der Waals surface area contributed by atoms with Gasteiger partial charge in [-0.25, -0.2) is 12.7 Å². The Hall–Kier alpha value is -2.30. The third kappa shape index (κ3) is 4.26. The van der Waals surface area contributed by atoms with Crippen molar-refractivity contribution in [2.45, 2.75) is 13.1 Å². The van der Waals surface area contributed by atoms with E-state index >= 15 is 0 Å². The van der Waals surface area contributed by atoms with Gasteiger partial charge >= 0.3 is 6.18 Å². The molecule has 1 fully saturated rings. The molecule has 0 radical (unpaired) electrons. The van der Waals surface area contributed by atoms with Gasteiger partial charge in [-0.3, -0.25) is 9.59 Å². The zero-order valence-electron chi connectivity index (χ0n) is 15.1. The number of hydrogen-bond acceptors (Lipinski definition) is 4. The van der Waals surface area contributed by atoms with Crippen LogP contribution in [0.1, 0.15) is 22.8 Å². The molecule has 1 aliphatic heterocycles. The van der Waals surface area contributed by atoms with Gasteiger partial charge in [0.1, 0.15) is 0 Å². The van der Waals surface area contributed by atoms with Crippen LogP contribution in [0.3, 0.4) is 0 Å². The van der Waals surface area contributed by atoms with E-state index in [0.717, 1.165) is 12.1 Å². The summed E-state index contributed by atoms with van der Waals surface area (Å²) in [5.74, 6) is -2.51. The molecule has 6 nitrogen and oxygen atoms in total. The minimum atomic E-state index is -4.71. The van der Waals surface area contributed by atoms with E-state index in [9.17, 15) is 31.2 Å². The second-order valence-corrected chi connectivity index (χ2v) is 9.27. The topological polar surface area (TPSA) is 83.6 Å². The van der Waals surface area contributed by atoms with E-state index in [-0.39, 0.29) is 27.7 Å². The summed E-state index contributed by atoms with van der Waals surface area (Å²) in [7, 11) is -3.85. The van der Waals surface area contributed by atoms with Crippen molar-refractivity contribution in [1.29, 1.82) is 0 Å². The van der Waals surface area contributed by atoms with E-state index < -0.39 is 44.5 Å². The van der Waals surface area contributed by atoms with Gasteiger partial charge in [-0.2, -0.15) is 13.2 Å². The molecule has 160 valence electrons. The van der Waals surface area contributed by atoms with Crippen LogP contribution in [0.15, 0.2) is 36.4 Å². The Balaban J connectivity index is 1.88. The summed E-state index contributed by atoms with van der Waals surface area (Å²) in [6.07, 6.45) is -4.71. The molecule has 0 spiro atoms. The first-order valence-corrected chi connectivity index (χ1v) is 10.7. The number of hydrogen-bond donors (Lipinski definition) is 1. The molecule has 1 unspecified atom stereocenters. The summed E-state index contributed by atoms with van der Waals surface area (Å²) in [6.45, 7) is 1.48. The maximum Gasteiger partial charge on any atom is 0.417 e. The normalized spacial score (nSPS) is 18.5. The lowest BCUT2D eigenvalue weighted by Gasteiger charge is -2.17. The molecule has 1 N–H and O–H groups in total. The quantitative estimate of drug-likeness (QED) is 0.696. The summed E-state index contributed by atoms with van der Waals surface area (Å²) >= 11 is 11.6. The fourth-order valence-corrected chi connectivity index (χ4v) is 5.22. The van der Waals surface area contributed by atoms with Crippen molar-refractivity contribution in [3.63, 3.8) is 0 Å². The molecule has 1 aliphatic rings. The highest BCUT2D eigenvalue weighted by Crippen LogP contribution is 2.36. The average molecular weight is 481 g/mol. The van der Waals surface area contributed by atoms with Gasteiger partial charge in [-0.05, 0) is 36.4 Å². The number of carbonyl (C=O) groups excluding carboxylic acids is 2. The van der Waals surface area contributed by atoms with E-state index in [0.29, 0.717) is 10.4 Å². The van der Waals surface area contributed by atoms with Gasteiger partial charge < -0.3 is 5.32 Å². The van der Waals surface area contributed by atoms with Crippen molar-refractivity contribution in [2.75, 3.05) is 15.4 Å². The van der Waals surface area contributed by atoms with Crippen LogP contribution < -0.4 is 9.62 Å². The van der Waals surface area contributed by atoms with Gasteiger partial charge in [0.15, 0.2) is 0 Å². The molecule has 2 amide bonds. The summed E-state index contributed by atoms with van der Waals surface area (Å²) < 4.78 is 63.9. The maximum absolute atomic E-state index is 13.0. The predicted octanol–water partition coefficient (Wildman–Crippen LogP) is 4.58. The SMILES string of the molecule is CC1CS(=O)(=O)N(c2ccc(C(=O)Nc3ccc(Cl)c(C(F)(F)F)c3)c(Cl)c2)C1=O. The Labute approximate surface area is 179 Å². The molecule has 0 aromatic heterocycles. The van der Waals surface area contributed by atoms with Gasteiger partial charge in [-0.1, -0.05) is 30.1 Å². The van der Waals surface area contributed by atoms with Crippen molar-refractivity contribution in [3.8, 4) is 0 Å². The predicted molar refractivity (Wildman–Crippen MR) is 106 cm³/mol. The molecule has 30 heavy (non-hydrogen) atoms. The first kappa shape index (κ1) is 22.4. The molecule has 1 heterocycles. The van der Waals surface area contributed by atoms with Crippen molar-refractivity contribution in [2.24, 2.45) is 5.92 Å². The highest BCUT2D eigenvalue weighted by molar-refractivity contribution is 7.94. The van der Waals surface area contributed by atoms with Gasteiger partial charge in [0, 0.05) is 5.69 Å². The lowest BCUT2D eigenvalue weighted by Crippen LogP contribution is -2.30. The zero-order valence-corrected chi connectivity index (χ0v) is 17.5. The fourth-order valence-electron chi connectivity index (χ4n) is 2.92. The Bertz CT molecular complexity index is 1150. The molecule has 0 aliphatic carbocycles. The van der Waals surface area contributed by atoms with E-state index in [1.54, 1.807) is 0 Å². The van der Waals surface area contributed by atoms with Gasteiger partial charge in [0.2, 0.25) is 15.9 Å². The number of alkyl halides is 3. The minimum absolute atomic E-state index is 0.0308. The van der Waals surface area contributed by atoms with E-state index in [1.807, 2.05) is 0 Å². The summed E-state index contributed by atoms with van der Waals surface area (Å²) in [5.41, 5.74) is -1.43.